The van der Waals surface area contributed by atoms with Crippen LogP contribution in [0.3, 0.4) is 0 Å². The number of nitro benzene ring substituents is 1. The van der Waals surface area contributed by atoms with Gasteiger partial charge in [0.25, 0.3) is 0 Å². The molecule has 0 aliphatic heterocycles. The monoisotopic (exact) mass is 333 g/mol. The third kappa shape index (κ3) is 3.51. The molecule has 120 valence electrons. The molecule has 2 rings (SSSR count). The summed E-state index contributed by atoms with van der Waals surface area (Å²) in [5, 5.41) is 21.8. The first-order valence-corrected chi connectivity index (χ1v) is 7.31. The Morgan fingerprint density at radius 2 is 1.74 bits per heavy atom. The van der Waals surface area contributed by atoms with Crippen molar-refractivity contribution in [3.05, 3.63) is 68.2 Å². The van der Waals surface area contributed by atoms with Crippen LogP contribution in [0.1, 0.15) is 42.3 Å². The summed E-state index contributed by atoms with van der Waals surface area (Å²) in [7, 11) is 0. The highest BCUT2D eigenvalue weighted by molar-refractivity contribution is 6.30. The molecule has 0 aromatic heterocycles. The van der Waals surface area contributed by atoms with Crippen LogP contribution in [0, 0.1) is 10.1 Å². The van der Waals surface area contributed by atoms with Gasteiger partial charge in [-0.05, 0) is 41.3 Å². The fourth-order valence-corrected chi connectivity index (χ4v) is 2.25. The Morgan fingerprint density at radius 3 is 2.22 bits per heavy atom. The second-order valence-electron chi connectivity index (χ2n) is 6.23. The van der Waals surface area contributed by atoms with Crippen LogP contribution in [0.4, 0.5) is 5.69 Å². The van der Waals surface area contributed by atoms with Gasteiger partial charge < -0.3 is 5.11 Å². The molecule has 23 heavy (non-hydrogen) atoms. The van der Waals surface area contributed by atoms with E-state index in [4.69, 9.17) is 11.6 Å². The molecule has 0 bridgehead atoms. The first kappa shape index (κ1) is 17.0. The van der Waals surface area contributed by atoms with E-state index in [1.54, 1.807) is 12.1 Å². The van der Waals surface area contributed by atoms with Crippen molar-refractivity contribution in [2.75, 3.05) is 0 Å². The minimum Gasteiger partial charge on any atom is -0.502 e. The van der Waals surface area contributed by atoms with Crippen molar-refractivity contribution >= 4 is 23.1 Å². The molecule has 0 amide bonds. The first-order chi connectivity index (χ1) is 10.6. The zero-order chi connectivity index (χ0) is 17.4. The Labute approximate surface area is 138 Å². The minimum atomic E-state index is -0.691. The standard InChI is InChI=1S/C17H16ClNO4/c1-17(2,3)11-8-13(16(21)14(9-11)19(22)23)15(20)10-4-6-12(18)7-5-10/h4-9,21H,1-3H3. The minimum absolute atomic E-state index is 0.0913. The number of rotatable bonds is 3. The van der Waals surface area contributed by atoms with Crippen molar-refractivity contribution in [1.82, 2.24) is 0 Å². The fourth-order valence-electron chi connectivity index (χ4n) is 2.12. The highest BCUT2D eigenvalue weighted by atomic mass is 35.5. The fraction of sp³-hybridized carbons (Fsp3) is 0.235. The van der Waals surface area contributed by atoms with Crippen LogP contribution in [0.15, 0.2) is 36.4 Å². The van der Waals surface area contributed by atoms with Gasteiger partial charge in [-0.15, -0.1) is 0 Å². The Morgan fingerprint density at radius 1 is 1.17 bits per heavy atom. The number of benzene rings is 2. The number of nitrogens with zero attached hydrogens (tertiary/aromatic N) is 1. The van der Waals surface area contributed by atoms with Crippen LogP contribution >= 0.6 is 11.6 Å². The number of carbonyl (C=O) groups excluding carboxylic acids is 1. The van der Waals surface area contributed by atoms with Crippen molar-refractivity contribution in [3.8, 4) is 5.75 Å². The Hall–Kier alpha value is -2.40. The summed E-state index contributed by atoms with van der Waals surface area (Å²) in [6.45, 7) is 5.62. The van der Waals surface area contributed by atoms with Gasteiger partial charge in [0.15, 0.2) is 5.78 Å². The summed E-state index contributed by atoms with van der Waals surface area (Å²) in [5.74, 6) is -1.11. The number of phenols is 1. The summed E-state index contributed by atoms with van der Waals surface area (Å²) in [6.07, 6.45) is 0. The van der Waals surface area contributed by atoms with E-state index < -0.39 is 27.6 Å². The van der Waals surface area contributed by atoms with E-state index in [1.807, 2.05) is 20.8 Å². The van der Waals surface area contributed by atoms with Crippen LogP contribution in [0.25, 0.3) is 0 Å². The number of hydrogen-bond donors (Lipinski definition) is 1. The molecule has 0 spiro atoms. The highest BCUT2D eigenvalue weighted by Gasteiger charge is 2.27. The number of nitro groups is 1. The first-order valence-electron chi connectivity index (χ1n) is 6.93. The van der Waals surface area contributed by atoms with Crippen molar-refractivity contribution in [1.29, 1.82) is 0 Å². The molecule has 0 atom stereocenters. The third-order valence-corrected chi connectivity index (χ3v) is 3.76. The van der Waals surface area contributed by atoms with Gasteiger partial charge in [-0.25, -0.2) is 0 Å². The maximum Gasteiger partial charge on any atom is 0.311 e. The third-order valence-electron chi connectivity index (χ3n) is 3.50. The van der Waals surface area contributed by atoms with E-state index in [9.17, 15) is 20.0 Å². The van der Waals surface area contributed by atoms with Gasteiger partial charge >= 0.3 is 5.69 Å². The molecule has 5 nitrogen and oxygen atoms in total. The predicted molar refractivity (Wildman–Crippen MR) is 88.3 cm³/mol. The van der Waals surface area contributed by atoms with Gasteiger partial charge in [-0.2, -0.15) is 0 Å². The second-order valence-corrected chi connectivity index (χ2v) is 6.67. The topological polar surface area (TPSA) is 80.4 Å². The normalized spacial score (nSPS) is 11.3. The number of carbonyl (C=O) groups is 1. The van der Waals surface area contributed by atoms with Gasteiger partial charge in [0.05, 0.1) is 10.5 Å². The quantitative estimate of drug-likeness (QED) is 0.510. The molecule has 0 unspecified atom stereocenters. The number of phenolic OH excluding ortho intramolecular Hbond substituents is 1. The van der Waals surface area contributed by atoms with Gasteiger partial charge in [-0.1, -0.05) is 32.4 Å². The Kier molecular flexibility index (Phi) is 4.43. The summed E-state index contributed by atoms with van der Waals surface area (Å²) < 4.78 is 0. The van der Waals surface area contributed by atoms with Crippen LogP contribution in [-0.4, -0.2) is 15.8 Å². The van der Waals surface area contributed by atoms with Crippen molar-refractivity contribution in [2.45, 2.75) is 26.2 Å². The molecule has 0 saturated heterocycles. The highest BCUT2D eigenvalue weighted by Crippen LogP contribution is 2.36. The molecule has 2 aromatic rings. The van der Waals surface area contributed by atoms with Crippen molar-refractivity contribution in [2.24, 2.45) is 0 Å². The summed E-state index contributed by atoms with van der Waals surface area (Å²) in [5.41, 5.74) is -0.0847. The lowest BCUT2D eigenvalue weighted by molar-refractivity contribution is -0.386. The molecule has 0 saturated carbocycles. The van der Waals surface area contributed by atoms with E-state index in [2.05, 4.69) is 0 Å². The molecule has 0 fully saturated rings. The average Bonchev–Trinajstić information content (AvgIpc) is 2.46. The van der Waals surface area contributed by atoms with Crippen LogP contribution in [0.2, 0.25) is 5.02 Å². The SMILES string of the molecule is CC(C)(C)c1cc(C(=O)c2ccc(Cl)cc2)c(O)c([N+](=O)[O-])c1. The lowest BCUT2D eigenvalue weighted by atomic mass is 9.84. The molecular weight excluding hydrogens is 318 g/mol. The molecular formula is C17H16ClNO4. The number of ketones is 1. The maximum atomic E-state index is 12.6. The van der Waals surface area contributed by atoms with E-state index in [1.165, 1.54) is 24.3 Å². The summed E-state index contributed by atoms with van der Waals surface area (Å²) in [6, 6.07) is 8.92. The van der Waals surface area contributed by atoms with E-state index in [0.29, 0.717) is 16.1 Å². The molecule has 0 aliphatic rings. The zero-order valence-corrected chi connectivity index (χ0v) is 13.7. The molecule has 1 N–H and O–H groups in total. The molecule has 2 aromatic carbocycles. The summed E-state index contributed by atoms with van der Waals surface area (Å²) in [4.78, 5) is 23.1. The number of halogens is 1. The van der Waals surface area contributed by atoms with Gasteiger partial charge in [-0.3, -0.25) is 14.9 Å². The van der Waals surface area contributed by atoms with Crippen molar-refractivity contribution < 1.29 is 14.8 Å². The zero-order valence-electron chi connectivity index (χ0n) is 13.0. The lowest BCUT2D eigenvalue weighted by Gasteiger charge is -2.20. The van der Waals surface area contributed by atoms with Gasteiger partial charge in [0.2, 0.25) is 5.75 Å². The van der Waals surface area contributed by atoms with E-state index in [-0.39, 0.29) is 5.56 Å². The van der Waals surface area contributed by atoms with Crippen LogP contribution in [0.5, 0.6) is 5.75 Å². The molecule has 0 aliphatic carbocycles. The van der Waals surface area contributed by atoms with Gasteiger partial charge in [0, 0.05) is 16.7 Å². The van der Waals surface area contributed by atoms with Crippen molar-refractivity contribution in [3.63, 3.8) is 0 Å². The smallest absolute Gasteiger partial charge is 0.311 e. The largest absolute Gasteiger partial charge is 0.502 e. The molecule has 0 heterocycles. The predicted octanol–water partition coefficient (Wildman–Crippen LogP) is 4.48. The summed E-state index contributed by atoms with van der Waals surface area (Å²) >= 11 is 5.80. The Bertz CT molecular complexity index is 776. The molecule has 6 heteroatoms. The van der Waals surface area contributed by atoms with Crippen LogP contribution < -0.4 is 0 Å². The number of hydrogen-bond acceptors (Lipinski definition) is 4. The number of aromatic hydroxyl groups is 1. The average molecular weight is 334 g/mol. The molecule has 0 radical (unpaired) electrons. The van der Waals surface area contributed by atoms with Crippen LogP contribution in [-0.2, 0) is 5.41 Å². The van der Waals surface area contributed by atoms with Gasteiger partial charge in [0.1, 0.15) is 0 Å². The van der Waals surface area contributed by atoms with E-state index >= 15 is 0 Å². The maximum absolute atomic E-state index is 12.6. The second kappa shape index (κ2) is 6.01. The van der Waals surface area contributed by atoms with E-state index in [0.717, 1.165) is 0 Å². The lowest BCUT2D eigenvalue weighted by Crippen LogP contribution is -2.14. The Balaban J connectivity index is 2.65.